The number of carboxylic acids is 1. The molecule has 0 aliphatic heterocycles. The second-order valence-electron chi connectivity index (χ2n) is 17.3. The molecule has 1 N–H and O–H groups in total. The predicted molar refractivity (Wildman–Crippen MR) is 221 cm³/mol. The van der Waals surface area contributed by atoms with Crippen LogP contribution in [-0.2, 0) is 86.1 Å². The van der Waals surface area contributed by atoms with Gasteiger partial charge in [-0.1, -0.05) is 25.7 Å². The van der Waals surface area contributed by atoms with E-state index < -0.39 is 67.4 Å². The van der Waals surface area contributed by atoms with Crippen molar-refractivity contribution in [3.63, 3.8) is 0 Å². The molecule has 0 aromatic heterocycles. The summed E-state index contributed by atoms with van der Waals surface area (Å²) in [5.41, 5.74) is 0. The van der Waals surface area contributed by atoms with Crippen LogP contribution in [0.5, 0.6) is 0 Å². The Balaban J connectivity index is 0.00000277. The van der Waals surface area contributed by atoms with Crippen molar-refractivity contribution in [1.29, 1.82) is 0 Å². The van der Waals surface area contributed by atoms with Crippen LogP contribution >= 0.6 is 15.8 Å². The van der Waals surface area contributed by atoms with Crippen molar-refractivity contribution in [2.45, 2.75) is 163 Å². The van der Waals surface area contributed by atoms with E-state index in [0.29, 0.717) is 51.4 Å². The van der Waals surface area contributed by atoms with Crippen molar-refractivity contribution in [3.05, 3.63) is 0 Å². The minimum Gasteiger partial charge on any atom is -0.748 e. The minimum atomic E-state index is -4.25. The van der Waals surface area contributed by atoms with E-state index in [0.717, 1.165) is 127 Å². The van der Waals surface area contributed by atoms with Crippen molar-refractivity contribution in [3.8, 4) is 0 Å². The maximum atomic E-state index is 11.5. The van der Waals surface area contributed by atoms with Crippen LogP contribution in [0.2, 0.25) is 0 Å². The van der Waals surface area contributed by atoms with Gasteiger partial charge in [-0.2, -0.15) is 0 Å². The van der Waals surface area contributed by atoms with E-state index in [1.165, 1.54) is 0 Å². The molecule has 4 aliphatic rings. The molecular formula is C37H66O14P2Pd2S4. The molecule has 4 rings (SSSR count). The average Bonchev–Trinajstić information content (AvgIpc) is 3.90. The van der Waals surface area contributed by atoms with Crippen LogP contribution in [0.25, 0.3) is 0 Å². The van der Waals surface area contributed by atoms with E-state index in [4.69, 9.17) is 9.90 Å². The Morgan fingerprint density at radius 1 is 0.441 bits per heavy atom. The zero-order valence-corrected chi connectivity index (χ0v) is 42.3. The summed E-state index contributed by atoms with van der Waals surface area (Å²) in [6.07, 6.45) is 22.1. The van der Waals surface area contributed by atoms with Gasteiger partial charge in [0.05, 0.1) is 40.5 Å². The predicted octanol–water partition coefficient (Wildman–Crippen LogP) is 6.40. The molecule has 352 valence electrons. The molecule has 0 amide bonds. The molecule has 0 spiro atoms. The van der Waals surface area contributed by atoms with E-state index in [1.807, 2.05) is 0 Å². The smallest absolute Gasteiger partial charge is 0.748 e. The maximum Gasteiger partial charge on any atom is 2.00 e. The molecule has 14 nitrogen and oxygen atoms in total. The van der Waals surface area contributed by atoms with Gasteiger partial charge in [0.25, 0.3) is 5.97 Å². The fraction of sp³-hybridized carbons (Fsp3) is 0.973. The molecule has 0 radical (unpaired) electrons. The van der Waals surface area contributed by atoms with Crippen molar-refractivity contribution < 1.29 is 103 Å². The largest absolute Gasteiger partial charge is 2.00 e. The number of hydrogen-bond donors (Lipinski definition) is 1. The van der Waals surface area contributed by atoms with Crippen LogP contribution in [0.15, 0.2) is 0 Å². The monoisotopic (exact) mass is 1140 g/mol. The molecule has 8 unspecified atom stereocenters. The summed E-state index contributed by atoms with van der Waals surface area (Å²) in [5.74, 6) is 0.243. The Labute approximate surface area is 385 Å². The van der Waals surface area contributed by atoms with E-state index in [2.05, 4.69) is 0 Å². The van der Waals surface area contributed by atoms with Crippen LogP contribution in [0.3, 0.4) is 0 Å². The zero-order valence-electron chi connectivity index (χ0n) is 34.1. The van der Waals surface area contributed by atoms with Gasteiger partial charge in [-0.3, -0.25) is 4.79 Å². The van der Waals surface area contributed by atoms with Gasteiger partial charge in [0.2, 0.25) is 0 Å². The summed E-state index contributed by atoms with van der Waals surface area (Å²) in [6.45, 7) is 1.08. The quantitative estimate of drug-likeness (QED) is 0.0623. The number of aliphatic carboxylic acids is 1. The summed E-state index contributed by atoms with van der Waals surface area (Å²) in [5, 5.41) is 4.38. The number of carbonyl (C=O) groups is 1. The molecule has 0 bridgehead atoms. The first kappa shape index (κ1) is 58.3. The summed E-state index contributed by atoms with van der Waals surface area (Å²) in [6, 6.07) is 0. The molecule has 4 fully saturated rings. The van der Waals surface area contributed by atoms with Gasteiger partial charge in [0, 0.05) is 27.9 Å². The Morgan fingerprint density at radius 2 is 0.627 bits per heavy atom. The Kier molecular flexibility index (Phi) is 27.4. The van der Waals surface area contributed by atoms with Crippen LogP contribution < -0.4 is 0 Å². The summed E-state index contributed by atoms with van der Waals surface area (Å²) >= 11 is 0. The van der Waals surface area contributed by atoms with E-state index in [9.17, 15) is 51.9 Å². The molecule has 59 heavy (non-hydrogen) atoms. The van der Waals surface area contributed by atoms with Gasteiger partial charge in [-0.25, -0.2) is 33.7 Å². The molecule has 0 saturated heterocycles. The molecular weight excluding hydrogens is 1070 g/mol. The molecule has 22 heteroatoms. The van der Waals surface area contributed by atoms with Crippen molar-refractivity contribution >= 4 is 62.3 Å². The fourth-order valence-electron chi connectivity index (χ4n) is 9.82. The first-order chi connectivity index (χ1) is 26.5. The first-order valence-electron chi connectivity index (χ1n) is 20.9. The van der Waals surface area contributed by atoms with E-state index >= 15 is 0 Å². The number of rotatable bonds is 24. The maximum absolute atomic E-state index is 11.5. The Hall–Kier alpha value is 1.29. The first-order valence-corrected chi connectivity index (χ1v) is 30.6. The third-order valence-electron chi connectivity index (χ3n) is 12.9. The van der Waals surface area contributed by atoms with Gasteiger partial charge in [0.15, 0.2) is 0 Å². The van der Waals surface area contributed by atoms with Crippen molar-refractivity contribution in [1.82, 2.24) is 0 Å². The molecule has 0 aromatic rings. The normalized spacial score (nSPS) is 28.6. The van der Waals surface area contributed by atoms with Crippen molar-refractivity contribution in [2.75, 3.05) is 37.0 Å². The van der Waals surface area contributed by atoms with Crippen LogP contribution in [0.1, 0.15) is 142 Å². The van der Waals surface area contributed by atoms with Gasteiger partial charge >= 0.3 is 40.8 Å². The standard InChI is InChI=1S/C35H66O12P2S4.C2H4O2.2Pd/c36-50(37,38)32-14-10-28(24-32)6-1-18-48(19-2-7-29-11-15-33(25-29)51(39,40)41)22-5-23-49(20-3-8-30-12-16-34(26-30)52(42,43)44)21-4-9-31-13-17-35(27-31)53(45,46)47;1-2(3)4;;/h28-35H,1-27H2,(H,36,37,38)(H,39,40,41)(H,42,43,44)(H,45,46,47);1H3,(H,3,4);;/q;;2*+2/p-4. The fourth-order valence-corrected chi connectivity index (χ4v) is 18.9. The Morgan fingerprint density at radius 3 is 0.797 bits per heavy atom. The number of hydrogen-bond acceptors (Lipinski definition) is 13. The second kappa shape index (κ2) is 27.7. The van der Waals surface area contributed by atoms with Gasteiger partial charge < -0.3 is 23.3 Å². The van der Waals surface area contributed by atoms with Crippen LogP contribution in [0, 0.1) is 23.7 Å². The number of carboxylic acid groups (broad SMARTS) is 1. The van der Waals surface area contributed by atoms with Crippen LogP contribution in [0.4, 0.5) is 0 Å². The van der Waals surface area contributed by atoms with E-state index in [-0.39, 0.29) is 80.4 Å². The molecule has 8 atom stereocenters. The molecule has 4 aliphatic carbocycles. The molecule has 0 heterocycles. The third-order valence-corrected chi connectivity index (χ3v) is 23.6. The second-order valence-corrected chi connectivity index (χ2v) is 29.3. The molecule has 0 aromatic carbocycles. The van der Waals surface area contributed by atoms with Gasteiger partial charge in [-0.05, 0) is 170 Å². The topological polar surface area (TPSA) is 266 Å². The molecule has 4 saturated carbocycles. The van der Waals surface area contributed by atoms with E-state index in [1.54, 1.807) is 0 Å². The SMILES string of the molecule is CC(=O)O.O=S(=O)([O-])C1CCC(CCCP(CCCC2CCC(S(=O)(=O)[O-])C2)CCCP(CCCC2CCC(S(=O)(=O)[O-])C2)CCCC2CCC(S(=O)(=O)[O-])C2)C1.[Pd+2].[Pd+2]. The summed E-state index contributed by atoms with van der Waals surface area (Å²) < 4.78 is 138. The zero-order chi connectivity index (χ0) is 42.4. The summed E-state index contributed by atoms with van der Waals surface area (Å²) in [7, 11) is -17.6. The average molecular weight is 1140 g/mol. The van der Waals surface area contributed by atoms with Crippen molar-refractivity contribution in [2.24, 2.45) is 23.7 Å². The third kappa shape index (κ3) is 23.4. The van der Waals surface area contributed by atoms with Gasteiger partial charge in [0.1, 0.15) is 0 Å². The summed E-state index contributed by atoms with van der Waals surface area (Å²) in [4.78, 5) is 9.00. The Bertz CT molecular complexity index is 1460. The van der Waals surface area contributed by atoms with Gasteiger partial charge in [-0.15, -0.1) is 15.8 Å². The van der Waals surface area contributed by atoms with Crippen LogP contribution in [-0.4, -0.2) is 121 Å². The minimum absolute atomic E-state index is 0.